The van der Waals surface area contributed by atoms with Crippen LogP contribution in [0.15, 0.2) is 48.5 Å². The van der Waals surface area contributed by atoms with Gasteiger partial charge in [0.25, 0.3) is 5.91 Å². The third-order valence-electron chi connectivity index (χ3n) is 5.18. The van der Waals surface area contributed by atoms with Crippen molar-refractivity contribution in [1.82, 2.24) is 9.55 Å². The Bertz CT molecular complexity index is 989. The van der Waals surface area contributed by atoms with E-state index < -0.39 is 12.0 Å². The number of nitrogens with one attached hydrogen (secondary N) is 1. The van der Waals surface area contributed by atoms with Crippen molar-refractivity contribution in [1.29, 1.82) is 0 Å². The summed E-state index contributed by atoms with van der Waals surface area (Å²) in [4.78, 5) is 16.2. The van der Waals surface area contributed by atoms with Crippen LogP contribution < -0.4 is 5.32 Å². The molecular formula is C21H20F3N3O. The number of benzene rings is 2. The summed E-state index contributed by atoms with van der Waals surface area (Å²) in [5.74, 6) is -1.18. The van der Waals surface area contributed by atoms with Crippen LogP contribution in [-0.2, 0) is 6.18 Å². The minimum absolute atomic E-state index is 0.194. The number of carbonyl (C=O) groups is 1. The molecule has 0 aliphatic heterocycles. The van der Waals surface area contributed by atoms with Crippen LogP contribution in [0.5, 0.6) is 0 Å². The molecule has 1 N–H and O–H groups in total. The lowest BCUT2D eigenvalue weighted by molar-refractivity contribution is -0.147. The van der Waals surface area contributed by atoms with E-state index in [0.717, 1.165) is 32.1 Å². The van der Waals surface area contributed by atoms with Gasteiger partial charge in [0.1, 0.15) is 0 Å². The number of carbonyl (C=O) groups excluding carboxylic acids is 1. The number of hydrogen-bond donors (Lipinski definition) is 1. The Morgan fingerprint density at radius 1 is 1.04 bits per heavy atom. The first-order valence-electron chi connectivity index (χ1n) is 9.39. The second-order valence-electron chi connectivity index (χ2n) is 7.12. The van der Waals surface area contributed by atoms with Crippen molar-refractivity contribution in [3.63, 3.8) is 0 Å². The number of hydrogen-bond acceptors (Lipinski definition) is 2. The number of halogens is 3. The van der Waals surface area contributed by atoms with Crippen LogP contribution in [0.4, 0.5) is 18.9 Å². The molecule has 7 heteroatoms. The van der Waals surface area contributed by atoms with Gasteiger partial charge in [-0.1, -0.05) is 37.5 Å². The minimum atomic E-state index is -4.52. The fourth-order valence-electron chi connectivity index (χ4n) is 3.88. The van der Waals surface area contributed by atoms with Crippen LogP contribution in [-0.4, -0.2) is 15.5 Å². The number of aromatic nitrogens is 2. The van der Waals surface area contributed by atoms with Gasteiger partial charge >= 0.3 is 6.18 Å². The third kappa shape index (κ3) is 3.61. The summed E-state index contributed by atoms with van der Waals surface area (Å²) in [6.07, 6.45) is -0.175. The number of imidazole rings is 1. The highest BCUT2D eigenvalue weighted by Crippen LogP contribution is 2.38. The molecule has 2 aromatic carbocycles. The lowest BCUT2D eigenvalue weighted by Crippen LogP contribution is -2.21. The molecule has 1 heterocycles. The largest absolute Gasteiger partial charge is 0.449 e. The van der Waals surface area contributed by atoms with Gasteiger partial charge < -0.3 is 9.88 Å². The standard InChI is InChI=1S/C21H20F3N3O/c22-21(23,24)20-26-17-13-15(25-19(28)14-7-3-1-4-8-14)11-12-18(17)27(20)16-9-5-2-6-10-16/h1,3-4,7-8,11-13,16H,2,5-6,9-10H2,(H,25,28). The molecule has 1 aliphatic rings. The lowest BCUT2D eigenvalue weighted by atomic mass is 9.95. The maximum atomic E-state index is 13.6. The molecule has 3 aromatic rings. The third-order valence-corrected chi connectivity index (χ3v) is 5.18. The number of rotatable bonds is 3. The first kappa shape index (κ1) is 18.5. The lowest BCUT2D eigenvalue weighted by Gasteiger charge is -2.26. The molecule has 0 saturated heterocycles. The summed E-state index contributed by atoms with van der Waals surface area (Å²) >= 11 is 0. The van der Waals surface area contributed by atoms with Gasteiger partial charge in [-0.2, -0.15) is 13.2 Å². The Labute approximate surface area is 160 Å². The molecule has 4 rings (SSSR count). The molecule has 0 unspecified atom stereocenters. The van der Waals surface area contributed by atoms with Crippen LogP contribution in [0.3, 0.4) is 0 Å². The zero-order valence-electron chi connectivity index (χ0n) is 15.2. The van der Waals surface area contributed by atoms with E-state index in [1.807, 2.05) is 0 Å². The van der Waals surface area contributed by atoms with E-state index >= 15 is 0 Å². The zero-order chi connectivity index (χ0) is 19.7. The second-order valence-corrected chi connectivity index (χ2v) is 7.12. The van der Waals surface area contributed by atoms with Crippen molar-refractivity contribution < 1.29 is 18.0 Å². The molecule has 0 bridgehead atoms. The molecule has 4 nitrogen and oxygen atoms in total. The van der Waals surface area contributed by atoms with Gasteiger partial charge in [0.2, 0.25) is 5.82 Å². The van der Waals surface area contributed by atoms with Gasteiger partial charge in [-0.25, -0.2) is 4.98 Å². The van der Waals surface area contributed by atoms with E-state index in [4.69, 9.17) is 0 Å². The maximum absolute atomic E-state index is 13.6. The van der Waals surface area contributed by atoms with Gasteiger partial charge in [-0.05, 0) is 43.2 Å². The zero-order valence-corrected chi connectivity index (χ0v) is 15.2. The Morgan fingerprint density at radius 2 is 1.75 bits per heavy atom. The van der Waals surface area contributed by atoms with Crippen LogP contribution in [0.25, 0.3) is 11.0 Å². The molecule has 28 heavy (non-hydrogen) atoms. The van der Waals surface area contributed by atoms with Crippen LogP contribution in [0.2, 0.25) is 0 Å². The summed E-state index contributed by atoms with van der Waals surface area (Å²) in [6.45, 7) is 0. The van der Waals surface area contributed by atoms with Crippen molar-refractivity contribution in [3.05, 3.63) is 59.9 Å². The van der Waals surface area contributed by atoms with E-state index in [1.54, 1.807) is 42.5 Å². The van der Waals surface area contributed by atoms with Gasteiger partial charge in [0.15, 0.2) is 0 Å². The summed E-state index contributed by atoms with van der Waals surface area (Å²) < 4.78 is 42.2. The van der Waals surface area contributed by atoms with Crippen molar-refractivity contribution in [2.75, 3.05) is 5.32 Å². The summed E-state index contributed by atoms with van der Waals surface area (Å²) in [6, 6.07) is 13.2. The first-order valence-corrected chi connectivity index (χ1v) is 9.39. The van der Waals surface area contributed by atoms with Gasteiger partial charge in [0.05, 0.1) is 11.0 Å². The van der Waals surface area contributed by atoms with Gasteiger partial charge in [-0.15, -0.1) is 0 Å². The molecular weight excluding hydrogens is 367 g/mol. The Morgan fingerprint density at radius 3 is 2.43 bits per heavy atom. The van der Waals surface area contributed by atoms with Crippen molar-refractivity contribution >= 4 is 22.6 Å². The Balaban J connectivity index is 1.71. The minimum Gasteiger partial charge on any atom is -0.322 e. The van der Waals surface area contributed by atoms with Crippen LogP contribution in [0.1, 0.15) is 54.3 Å². The highest BCUT2D eigenvalue weighted by atomic mass is 19.4. The molecule has 1 aromatic heterocycles. The first-order chi connectivity index (χ1) is 13.4. The van der Waals surface area contributed by atoms with Crippen molar-refractivity contribution in [2.24, 2.45) is 0 Å². The average molecular weight is 387 g/mol. The molecule has 1 fully saturated rings. The molecule has 146 valence electrons. The normalized spacial score (nSPS) is 15.7. The SMILES string of the molecule is O=C(Nc1ccc2c(c1)nc(C(F)(F)F)n2C1CCCCC1)c1ccccc1. The monoisotopic (exact) mass is 387 g/mol. The van der Waals surface area contributed by atoms with E-state index in [2.05, 4.69) is 10.3 Å². The van der Waals surface area contributed by atoms with E-state index in [0.29, 0.717) is 16.8 Å². The highest BCUT2D eigenvalue weighted by Gasteiger charge is 2.39. The Kier molecular flexibility index (Phi) is 4.83. The average Bonchev–Trinajstić information content (AvgIpc) is 3.08. The maximum Gasteiger partial charge on any atom is 0.449 e. The van der Waals surface area contributed by atoms with E-state index in [9.17, 15) is 18.0 Å². The quantitative estimate of drug-likeness (QED) is 0.616. The smallest absolute Gasteiger partial charge is 0.322 e. The number of alkyl halides is 3. The summed E-state index contributed by atoms with van der Waals surface area (Å²) in [7, 11) is 0. The second kappa shape index (κ2) is 7.30. The van der Waals surface area contributed by atoms with Crippen molar-refractivity contribution in [2.45, 2.75) is 44.3 Å². The predicted molar refractivity (Wildman–Crippen MR) is 101 cm³/mol. The van der Waals surface area contributed by atoms with Gasteiger partial charge in [0, 0.05) is 17.3 Å². The molecule has 0 spiro atoms. The fourth-order valence-corrected chi connectivity index (χ4v) is 3.88. The number of anilines is 1. The molecule has 0 radical (unpaired) electrons. The number of nitrogens with zero attached hydrogens (tertiary/aromatic N) is 2. The van der Waals surface area contributed by atoms with E-state index in [-0.39, 0.29) is 17.5 Å². The predicted octanol–water partition coefficient (Wildman–Crippen LogP) is 5.81. The summed E-state index contributed by atoms with van der Waals surface area (Å²) in [5, 5.41) is 2.73. The van der Waals surface area contributed by atoms with Gasteiger partial charge in [-0.3, -0.25) is 4.79 Å². The molecule has 1 amide bonds. The summed E-state index contributed by atoms with van der Waals surface area (Å²) in [5.41, 5.74) is 1.59. The number of fused-ring (bicyclic) bond motifs is 1. The number of amides is 1. The molecule has 1 saturated carbocycles. The highest BCUT2D eigenvalue weighted by molar-refractivity contribution is 6.04. The fraction of sp³-hybridized carbons (Fsp3) is 0.333. The van der Waals surface area contributed by atoms with E-state index in [1.165, 1.54) is 10.6 Å². The Hall–Kier alpha value is -2.83. The van der Waals surface area contributed by atoms with Crippen LogP contribution in [0, 0.1) is 0 Å². The topological polar surface area (TPSA) is 46.9 Å². The molecule has 1 aliphatic carbocycles. The van der Waals surface area contributed by atoms with Crippen LogP contribution >= 0.6 is 0 Å². The van der Waals surface area contributed by atoms with Crippen molar-refractivity contribution in [3.8, 4) is 0 Å². The molecule has 0 atom stereocenters.